The van der Waals surface area contributed by atoms with Crippen LogP contribution in [0.4, 0.5) is 5.82 Å². The Kier molecular flexibility index (Phi) is 4.92. The summed E-state index contributed by atoms with van der Waals surface area (Å²) in [5.74, 6) is -0.0276. The highest BCUT2D eigenvalue weighted by molar-refractivity contribution is 7.93. The number of anilines is 1. The van der Waals surface area contributed by atoms with Gasteiger partial charge in [-0.05, 0) is 40.1 Å². The molecule has 0 spiro atoms. The molecular formula is C16H10Cl3N5O3S. The molecule has 144 valence electrons. The van der Waals surface area contributed by atoms with Gasteiger partial charge < -0.3 is 0 Å². The maximum absolute atomic E-state index is 12.8. The highest BCUT2D eigenvalue weighted by Gasteiger charge is 2.23. The third kappa shape index (κ3) is 3.66. The van der Waals surface area contributed by atoms with Gasteiger partial charge in [-0.1, -0.05) is 46.9 Å². The third-order valence-electron chi connectivity index (χ3n) is 3.83. The molecule has 1 N–H and O–H groups in total. The fourth-order valence-electron chi connectivity index (χ4n) is 2.55. The Morgan fingerprint density at radius 3 is 2.68 bits per heavy atom. The Balaban J connectivity index is 1.63. The highest BCUT2D eigenvalue weighted by Crippen LogP contribution is 2.27. The first-order valence-corrected chi connectivity index (χ1v) is 10.4. The van der Waals surface area contributed by atoms with Crippen LogP contribution in [0.1, 0.15) is 5.56 Å². The third-order valence-corrected chi connectivity index (χ3v) is 6.07. The Hall–Kier alpha value is -2.33. The number of hydrogen-bond donors (Lipinski definition) is 1. The predicted molar refractivity (Wildman–Crippen MR) is 105 cm³/mol. The van der Waals surface area contributed by atoms with Gasteiger partial charge in [0.2, 0.25) is 0 Å². The molecule has 4 rings (SSSR count). The Labute approximate surface area is 174 Å². The summed E-state index contributed by atoms with van der Waals surface area (Å²) in [4.78, 5) is -0.0994. The molecule has 0 saturated carbocycles. The van der Waals surface area contributed by atoms with E-state index in [9.17, 15) is 8.42 Å². The van der Waals surface area contributed by atoms with E-state index >= 15 is 0 Å². The number of fused-ring (bicyclic) bond motifs is 1. The summed E-state index contributed by atoms with van der Waals surface area (Å²) >= 11 is 18.2. The number of rotatable bonds is 5. The van der Waals surface area contributed by atoms with Crippen LogP contribution in [0.2, 0.25) is 15.1 Å². The van der Waals surface area contributed by atoms with E-state index in [1.165, 1.54) is 23.0 Å². The molecule has 28 heavy (non-hydrogen) atoms. The molecule has 0 saturated heterocycles. The molecule has 8 nitrogen and oxygen atoms in total. The lowest BCUT2D eigenvalue weighted by Crippen LogP contribution is -2.14. The van der Waals surface area contributed by atoms with Crippen LogP contribution in [-0.2, 0) is 16.6 Å². The van der Waals surface area contributed by atoms with E-state index in [2.05, 4.69) is 24.8 Å². The zero-order valence-corrected chi connectivity index (χ0v) is 16.9. The van der Waals surface area contributed by atoms with Gasteiger partial charge in [-0.2, -0.15) is 5.10 Å². The van der Waals surface area contributed by atoms with Crippen molar-refractivity contribution in [3.63, 3.8) is 0 Å². The number of halogens is 3. The van der Waals surface area contributed by atoms with Crippen molar-refractivity contribution in [1.82, 2.24) is 20.1 Å². The largest absolute Gasteiger partial charge is 0.265 e. The average molecular weight is 459 g/mol. The van der Waals surface area contributed by atoms with Crippen molar-refractivity contribution < 1.29 is 13.0 Å². The standard InChI is InChI=1S/C16H10Cl3N5O3S/c17-10-5-4-9(11(18)6-10)7-24-8-12(19)16(20-24)23-28(25,26)14-3-1-2-13-15(14)22-27-21-13/h1-6,8H,7H2,(H,20,23). The van der Waals surface area contributed by atoms with Crippen molar-refractivity contribution in [2.24, 2.45) is 0 Å². The van der Waals surface area contributed by atoms with E-state index in [0.29, 0.717) is 15.6 Å². The van der Waals surface area contributed by atoms with Gasteiger partial charge in [-0.15, -0.1) is 0 Å². The van der Waals surface area contributed by atoms with Crippen LogP contribution >= 0.6 is 34.8 Å². The average Bonchev–Trinajstić information content (AvgIpc) is 3.23. The molecule has 0 amide bonds. The summed E-state index contributed by atoms with van der Waals surface area (Å²) in [5, 5.41) is 12.6. The SMILES string of the molecule is O=S(=O)(Nc1nn(Cc2ccc(Cl)cc2Cl)cc1Cl)c1cccc2nonc12. The fraction of sp³-hybridized carbons (Fsp3) is 0.0625. The minimum absolute atomic E-state index is 0.0276. The van der Waals surface area contributed by atoms with Crippen LogP contribution < -0.4 is 4.72 Å². The summed E-state index contributed by atoms with van der Waals surface area (Å²) < 4.78 is 34.0. The number of aromatic nitrogens is 4. The second-order valence-corrected chi connectivity index (χ2v) is 8.65. The highest BCUT2D eigenvalue weighted by atomic mass is 35.5. The summed E-state index contributed by atoms with van der Waals surface area (Å²) in [5.41, 5.74) is 1.17. The van der Waals surface area contributed by atoms with E-state index in [4.69, 9.17) is 34.8 Å². The lowest BCUT2D eigenvalue weighted by Gasteiger charge is -2.06. The first-order valence-electron chi connectivity index (χ1n) is 7.74. The lowest BCUT2D eigenvalue weighted by atomic mass is 10.2. The smallest absolute Gasteiger partial charge is 0.265 e. The van der Waals surface area contributed by atoms with Crippen LogP contribution in [0.3, 0.4) is 0 Å². The molecule has 12 heteroatoms. The monoisotopic (exact) mass is 457 g/mol. The second kappa shape index (κ2) is 7.25. The number of benzene rings is 2. The Morgan fingerprint density at radius 1 is 1.07 bits per heavy atom. The van der Waals surface area contributed by atoms with Gasteiger partial charge in [0.05, 0.1) is 6.54 Å². The van der Waals surface area contributed by atoms with E-state index < -0.39 is 10.0 Å². The quantitative estimate of drug-likeness (QED) is 0.480. The van der Waals surface area contributed by atoms with Crippen LogP contribution in [0, 0.1) is 0 Å². The molecule has 0 bridgehead atoms. The first-order chi connectivity index (χ1) is 13.3. The van der Waals surface area contributed by atoms with Crippen LogP contribution in [0.5, 0.6) is 0 Å². The molecule has 0 fully saturated rings. The van der Waals surface area contributed by atoms with Crippen molar-refractivity contribution in [1.29, 1.82) is 0 Å². The Bertz CT molecular complexity index is 1290. The number of hydrogen-bond acceptors (Lipinski definition) is 6. The Morgan fingerprint density at radius 2 is 1.89 bits per heavy atom. The van der Waals surface area contributed by atoms with Gasteiger partial charge >= 0.3 is 0 Å². The van der Waals surface area contributed by atoms with Crippen LogP contribution in [0.15, 0.2) is 52.1 Å². The van der Waals surface area contributed by atoms with Crippen molar-refractivity contribution in [2.45, 2.75) is 11.4 Å². The lowest BCUT2D eigenvalue weighted by molar-refractivity contribution is 0.315. The van der Waals surface area contributed by atoms with Crippen molar-refractivity contribution in [2.75, 3.05) is 4.72 Å². The molecule has 0 aliphatic heterocycles. The summed E-state index contributed by atoms with van der Waals surface area (Å²) in [6.45, 7) is 0.278. The minimum atomic E-state index is -4.02. The molecule has 2 heterocycles. The van der Waals surface area contributed by atoms with E-state index in [-0.39, 0.29) is 27.8 Å². The van der Waals surface area contributed by atoms with E-state index in [1.807, 2.05) is 0 Å². The number of nitrogens with one attached hydrogen (secondary N) is 1. The second-order valence-electron chi connectivity index (χ2n) is 5.75. The van der Waals surface area contributed by atoms with Crippen LogP contribution in [0.25, 0.3) is 11.0 Å². The first kappa shape index (κ1) is 19.0. The molecule has 0 radical (unpaired) electrons. The zero-order chi connectivity index (χ0) is 19.9. The van der Waals surface area contributed by atoms with E-state index in [1.54, 1.807) is 24.3 Å². The van der Waals surface area contributed by atoms with Gasteiger partial charge in [-0.25, -0.2) is 13.0 Å². The normalized spacial score (nSPS) is 11.8. The van der Waals surface area contributed by atoms with Gasteiger partial charge in [0.15, 0.2) is 11.3 Å². The topological polar surface area (TPSA) is 103 Å². The number of nitrogens with zero attached hydrogens (tertiary/aromatic N) is 4. The zero-order valence-electron chi connectivity index (χ0n) is 13.8. The van der Waals surface area contributed by atoms with E-state index in [0.717, 1.165) is 5.56 Å². The fourth-order valence-corrected chi connectivity index (χ4v) is 4.44. The maximum Gasteiger partial charge on any atom is 0.265 e. The maximum atomic E-state index is 12.8. The molecule has 2 aromatic heterocycles. The van der Waals surface area contributed by atoms with Gasteiger partial charge in [0, 0.05) is 16.2 Å². The van der Waals surface area contributed by atoms with Crippen molar-refractivity contribution >= 4 is 61.7 Å². The van der Waals surface area contributed by atoms with Crippen molar-refractivity contribution in [3.05, 3.63) is 63.2 Å². The molecule has 0 atom stereocenters. The van der Waals surface area contributed by atoms with Crippen LogP contribution in [-0.4, -0.2) is 28.5 Å². The van der Waals surface area contributed by atoms with Gasteiger partial charge in [-0.3, -0.25) is 9.40 Å². The molecule has 2 aromatic carbocycles. The van der Waals surface area contributed by atoms with Gasteiger partial charge in [0.1, 0.15) is 15.4 Å². The van der Waals surface area contributed by atoms with Gasteiger partial charge in [0.25, 0.3) is 10.0 Å². The molecule has 0 unspecified atom stereocenters. The molecule has 4 aromatic rings. The minimum Gasteiger partial charge on any atom is -0.265 e. The molecular weight excluding hydrogens is 449 g/mol. The summed E-state index contributed by atoms with van der Waals surface area (Å²) in [6.07, 6.45) is 1.49. The predicted octanol–water partition coefficient (Wildman–Crippen LogP) is 4.23. The molecule has 0 aliphatic rings. The summed E-state index contributed by atoms with van der Waals surface area (Å²) in [6, 6.07) is 9.56. The number of sulfonamides is 1. The molecule has 0 aliphatic carbocycles. The summed E-state index contributed by atoms with van der Waals surface area (Å²) in [7, 11) is -4.02. The van der Waals surface area contributed by atoms with Crippen molar-refractivity contribution in [3.8, 4) is 0 Å².